The van der Waals surface area contributed by atoms with Crippen molar-refractivity contribution in [2.45, 2.75) is 31.5 Å². The molecule has 0 aliphatic carbocycles. The molecule has 0 aliphatic heterocycles. The smallest absolute Gasteiger partial charge is 0.233 e. The number of benzene rings is 1. The van der Waals surface area contributed by atoms with E-state index in [9.17, 15) is 4.79 Å². The molecule has 0 N–H and O–H groups in total. The van der Waals surface area contributed by atoms with E-state index in [1.54, 1.807) is 24.4 Å². The Morgan fingerprint density at radius 3 is 2.81 bits per heavy atom. The summed E-state index contributed by atoms with van der Waals surface area (Å²) < 4.78 is 7.36. The fraction of sp³-hybridized carbons (Fsp3) is 0.300. The molecule has 3 aromatic rings. The molecular weight excluding hydrogens is 346 g/mol. The molecule has 0 spiro atoms. The summed E-state index contributed by atoms with van der Waals surface area (Å²) in [7, 11) is 1.78. The Hall–Kier alpha value is -2.47. The molecule has 136 valence electrons. The van der Waals surface area contributed by atoms with Crippen molar-refractivity contribution in [1.82, 2.24) is 14.5 Å². The first kappa shape index (κ1) is 18.3. The zero-order valence-electron chi connectivity index (χ0n) is 15.3. The zero-order valence-corrected chi connectivity index (χ0v) is 16.1. The molecule has 1 amide bonds. The molecule has 3 rings (SSSR count). The first-order chi connectivity index (χ1) is 12.6. The summed E-state index contributed by atoms with van der Waals surface area (Å²) in [6.07, 6.45) is 5.34. The second-order valence-corrected chi connectivity index (χ2v) is 7.35. The van der Waals surface area contributed by atoms with Gasteiger partial charge in [-0.2, -0.15) is 0 Å². The van der Waals surface area contributed by atoms with Crippen molar-refractivity contribution in [1.29, 1.82) is 0 Å². The van der Waals surface area contributed by atoms with Crippen LogP contribution in [0.2, 0.25) is 0 Å². The lowest BCUT2D eigenvalue weighted by molar-refractivity contribution is -0.127. The number of nitrogens with zero attached hydrogens (tertiary/aromatic N) is 3. The summed E-state index contributed by atoms with van der Waals surface area (Å²) in [5.41, 5.74) is 2.37. The second kappa shape index (κ2) is 8.27. The highest BCUT2D eigenvalue weighted by Gasteiger charge is 2.15. The molecule has 2 aromatic heterocycles. The van der Waals surface area contributed by atoms with Crippen molar-refractivity contribution in [3.8, 4) is 5.69 Å². The topological polar surface area (TPSA) is 51.3 Å². The number of rotatable bonds is 7. The van der Waals surface area contributed by atoms with Crippen LogP contribution in [0.25, 0.3) is 5.69 Å². The molecule has 0 saturated carbocycles. The van der Waals surface area contributed by atoms with Gasteiger partial charge >= 0.3 is 0 Å². The molecule has 0 atom stereocenters. The molecule has 5 nitrogen and oxygen atoms in total. The standard InChI is InChI=1S/C20H23N3O2S/c1-15(2)17-8-4-5-9-18(17)23-11-10-21-20(23)26-14-19(24)22(3)13-16-7-6-12-25-16/h4-12,15H,13-14H2,1-3H3. The number of hydrogen-bond donors (Lipinski definition) is 0. The number of aromatic nitrogens is 2. The Morgan fingerprint density at radius 2 is 2.08 bits per heavy atom. The van der Waals surface area contributed by atoms with Gasteiger partial charge in [-0.25, -0.2) is 4.98 Å². The van der Waals surface area contributed by atoms with E-state index in [1.165, 1.54) is 17.3 Å². The third kappa shape index (κ3) is 4.19. The molecule has 0 radical (unpaired) electrons. The van der Waals surface area contributed by atoms with Crippen LogP contribution in [0.5, 0.6) is 0 Å². The van der Waals surface area contributed by atoms with Crippen LogP contribution < -0.4 is 0 Å². The third-order valence-electron chi connectivity index (χ3n) is 4.15. The van der Waals surface area contributed by atoms with Gasteiger partial charge in [0.2, 0.25) is 5.91 Å². The molecule has 0 fully saturated rings. The van der Waals surface area contributed by atoms with Crippen molar-refractivity contribution >= 4 is 17.7 Å². The Labute approximate surface area is 158 Å². The minimum absolute atomic E-state index is 0.0399. The van der Waals surface area contributed by atoms with Gasteiger partial charge < -0.3 is 9.32 Å². The van der Waals surface area contributed by atoms with Crippen LogP contribution in [0.15, 0.2) is 64.6 Å². The van der Waals surface area contributed by atoms with E-state index in [-0.39, 0.29) is 5.91 Å². The largest absolute Gasteiger partial charge is 0.467 e. The average molecular weight is 369 g/mol. The maximum absolute atomic E-state index is 12.4. The lowest BCUT2D eigenvalue weighted by Gasteiger charge is -2.17. The van der Waals surface area contributed by atoms with E-state index in [4.69, 9.17) is 4.42 Å². The van der Waals surface area contributed by atoms with Crippen LogP contribution in [0, 0.1) is 0 Å². The van der Waals surface area contributed by atoms with Crippen molar-refractivity contribution in [2.24, 2.45) is 0 Å². The van der Waals surface area contributed by atoms with Crippen molar-refractivity contribution in [2.75, 3.05) is 12.8 Å². The van der Waals surface area contributed by atoms with Gasteiger partial charge in [-0.05, 0) is 29.7 Å². The van der Waals surface area contributed by atoms with E-state index < -0.39 is 0 Å². The first-order valence-corrected chi connectivity index (χ1v) is 9.56. The van der Waals surface area contributed by atoms with Crippen LogP contribution in [-0.2, 0) is 11.3 Å². The van der Waals surface area contributed by atoms with Crippen molar-refractivity contribution < 1.29 is 9.21 Å². The monoisotopic (exact) mass is 369 g/mol. The minimum Gasteiger partial charge on any atom is -0.467 e. The van der Waals surface area contributed by atoms with Crippen LogP contribution >= 0.6 is 11.8 Å². The summed E-state index contributed by atoms with van der Waals surface area (Å²) in [6, 6.07) is 12.0. The SMILES string of the molecule is CC(C)c1ccccc1-n1ccnc1SCC(=O)N(C)Cc1ccco1. The summed E-state index contributed by atoms with van der Waals surface area (Å²) >= 11 is 1.45. The van der Waals surface area contributed by atoms with Crippen LogP contribution in [0.4, 0.5) is 0 Å². The van der Waals surface area contributed by atoms with E-state index in [1.807, 2.05) is 24.4 Å². The Bertz CT molecular complexity index is 856. The van der Waals surface area contributed by atoms with Crippen LogP contribution in [0.3, 0.4) is 0 Å². The number of thioether (sulfide) groups is 1. The molecular formula is C20H23N3O2S. The fourth-order valence-electron chi connectivity index (χ4n) is 2.74. The number of amides is 1. The lowest BCUT2D eigenvalue weighted by atomic mass is 10.0. The van der Waals surface area contributed by atoms with Gasteiger partial charge in [0.05, 0.1) is 24.2 Å². The molecule has 0 saturated heterocycles. The molecule has 0 aliphatic rings. The van der Waals surface area contributed by atoms with E-state index >= 15 is 0 Å². The van der Waals surface area contributed by atoms with Gasteiger partial charge in [-0.15, -0.1) is 0 Å². The normalized spacial score (nSPS) is 11.1. The van der Waals surface area contributed by atoms with Gasteiger partial charge in [0.25, 0.3) is 0 Å². The van der Waals surface area contributed by atoms with E-state index in [0.717, 1.165) is 16.6 Å². The van der Waals surface area contributed by atoms with Gasteiger partial charge in [-0.3, -0.25) is 9.36 Å². The molecule has 1 aromatic carbocycles. The summed E-state index contributed by atoms with van der Waals surface area (Å²) in [5, 5.41) is 0.817. The molecule has 0 bridgehead atoms. The molecule has 6 heteroatoms. The van der Waals surface area contributed by atoms with Gasteiger partial charge in [-0.1, -0.05) is 43.8 Å². The molecule has 0 unspecified atom stereocenters. The predicted octanol–water partition coefficient (Wildman–Crippen LogP) is 4.34. The number of para-hydroxylation sites is 1. The number of carbonyl (C=O) groups is 1. The third-order valence-corrected chi connectivity index (χ3v) is 5.10. The Balaban J connectivity index is 1.69. The number of hydrogen-bond acceptors (Lipinski definition) is 4. The number of carbonyl (C=O) groups excluding carboxylic acids is 1. The number of furan rings is 1. The highest BCUT2D eigenvalue weighted by Crippen LogP contribution is 2.27. The minimum atomic E-state index is 0.0399. The summed E-state index contributed by atoms with van der Waals surface area (Å²) in [6.45, 7) is 4.82. The maximum atomic E-state index is 12.4. The molecule has 2 heterocycles. The average Bonchev–Trinajstić information content (AvgIpc) is 3.31. The van der Waals surface area contributed by atoms with Gasteiger partial charge in [0.1, 0.15) is 5.76 Å². The summed E-state index contributed by atoms with van der Waals surface area (Å²) in [5.74, 6) is 1.56. The van der Waals surface area contributed by atoms with E-state index in [0.29, 0.717) is 18.2 Å². The Kier molecular flexibility index (Phi) is 5.83. The van der Waals surface area contributed by atoms with Crippen LogP contribution in [0.1, 0.15) is 31.1 Å². The fourth-order valence-corrected chi connectivity index (χ4v) is 3.64. The highest BCUT2D eigenvalue weighted by atomic mass is 32.2. The van der Waals surface area contributed by atoms with Gasteiger partial charge in [0, 0.05) is 19.4 Å². The highest BCUT2D eigenvalue weighted by molar-refractivity contribution is 7.99. The molecule has 26 heavy (non-hydrogen) atoms. The lowest BCUT2D eigenvalue weighted by Crippen LogP contribution is -2.27. The zero-order chi connectivity index (χ0) is 18.5. The predicted molar refractivity (Wildman–Crippen MR) is 104 cm³/mol. The van der Waals surface area contributed by atoms with Crippen molar-refractivity contribution in [3.05, 3.63) is 66.4 Å². The second-order valence-electron chi connectivity index (χ2n) is 6.41. The van der Waals surface area contributed by atoms with E-state index in [2.05, 4.69) is 41.6 Å². The van der Waals surface area contributed by atoms with Crippen molar-refractivity contribution in [3.63, 3.8) is 0 Å². The maximum Gasteiger partial charge on any atom is 0.233 e. The Morgan fingerprint density at radius 1 is 1.27 bits per heavy atom. The van der Waals surface area contributed by atoms with Crippen LogP contribution in [-0.4, -0.2) is 33.2 Å². The van der Waals surface area contributed by atoms with Gasteiger partial charge in [0.15, 0.2) is 5.16 Å². The summed E-state index contributed by atoms with van der Waals surface area (Å²) in [4.78, 5) is 18.5. The number of imidazole rings is 1. The first-order valence-electron chi connectivity index (χ1n) is 8.58. The quantitative estimate of drug-likeness (QED) is 0.581.